The number of nitrogens with two attached hydrogens (primary N) is 1. The maximum atomic E-state index is 10.4. The summed E-state index contributed by atoms with van der Waals surface area (Å²) in [6, 6.07) is 6.71. The van der Waals surface area contributed by atoms with E-state index in [4.69, 9.17) is 0 Å². The van der Waals surface area contributed by atoms with Crippen LogP contribution in [-0.2, 0) is 0 Å². The van der Waals surface area contributed by atoms with Gasteiger partial charge in [-0.3, -0.25) is 10.1 Å². The van der Waals surface area contributed by atoms with E-state index in [1.807, 2.05) is 0 Å². The van der Waals surface area contributed by atoms with Gasteiger partial charge in [-0.2, -0.15) is 0 Å². The molecule has 4 heteroatoms. The summed E-state index contributed by atoms with van der Waals surface area (Å²) in [5, 5.41) is 12.6. The molecule has 1 aromatic carbocycles. The quantitative estimate of drug-likeness (QED) is 0.334. The van der Waals surface area contributed by atoms with E-state index in [2.05, 4.69) is 12.2 Å². The third-order valence-corrected chi connectivity index (χ3v) is 2.54. The Kier molecular flexibility index (Phi) is 5.50. The second-order valence-corrected chi connectivity index (χ2v) is 3.90. The Morgan fingerprint density at radius 2 is 1.88 bits per heavy atom. The van der Waals surface area contributed by atoms with Crippen molar-refractivity contribution in [3.8, 4) is 0 Å². The number of benzene rings is 1. The lowest BCUT2D eigenvalue weighted by atomic mass is 10.2. The number of nitro benzene ring substituents is 1. The molecule has 2 N–H and O–H groups in total. The summed E-state index contributed by atoms with van der Waals surface area (Å²) in [6.07, 6.45) is 5.00. The molecule has 0 spiro atoms. The largest absolute Gasteiger partial charge is 0.314 e. The van der Waals surface area contributed by atoms with Crippen LogP contribution in [0.3, 0.4) is 0 Å². The highest BCUT2D eigenvalue weighted by atomic mass is 16.6. The average molecular weight is 223 g/mol. The first kappa shape index (κ1) is 12.6. The Labute approximate surface area is 95.8 Å². The Morgan fingerprint density at radius 3 is 2.44 bits per heavy atom. The normalized spacial score (nSPS) is 10.3. The number of unbranched alkanes of at least 4 members (excludes halogenated alkanes) is 3. The van der Waals surface area contributed by atoms with Crippen LogP contribution in [0.25, 0.3) is 0 Å². The van der Waals surface area contributed by atoms with E-state index < -0.39 is 0 Å². The van der Waals surface area contributed by atoms with Crippen molar-refractivity contribution >= 4 is 11.4 Å². The molecule has 0 fully saturated rings. The zero-order valence-corrected chi connectivity index (χ0v) is 9.69. The maximum absolute atomic E-state index is 10.4. The maximum Gasteiger partial charge on any atom is 0.269 e. The fourth-order valence-electron chi connectivity index (χ4n) is 1.57. The molecule has 0 amide bonds. The van der Waals surface area contributed by atoms with E-state index in [1.165, 1.54) is 25.7 Å². The summed E-state index contributed by atoms with van der Waals surface area (Å²) < 4.78 is 0. The van der Waals surface area contributed by atoms with E-state index in [9.17, 15) is 10.1 Å². The molecule has 1 rings (SSSR count). The summed E-state index contributed by atoms with van der Waals surface area (Å²) in [5.41, 5.74) is 1.23. The second-order valence-electron chi connectivity index (χ2n) is 3.90. The van der Waals surface area contributed by atoms with Crippen LogP contribution in [0, 0.1) is 10.1 Å². The molecule has 0 aliphatic rings. The minimum absolute atomic E-state index is 0.156. The Morgan fingerprint density at radius 1 is 1.19 bits per heavy atom. The predicted octanol–water partition coefficient (Wildman–Crippen LogP) is 2.37. The Bertz CT molecular complexity index is 322. The van der Waals surface area contributed by atoms with Gasteiger partial charge in [0.05, 0.1) is 11.5 Å². The number of hydrogen-bond acceptors (Lipinski definition) is 2. The molecule has 0 saturated heterocycles. The molecule has 4 nitrogen and oxygen atoms in total. The number of rotatable bonds is 7. The molecule has 0 unspecified atom stereocenters. The van der Waals surface area contributed by atoms with Gasteiger partial charge in [0, 0.05) is 24.3 Å². The first-order valence-corrected chi connectivity index (χ1v) is 5.81. The summed E-state index contributed by atoms with van der Waals surface area (Å²) in [6.45, 7) is 3.25. The van der Waals surface area contributed by atoms with Crippen molar-refractivity contribution < 1.29 is 10.2 Å². The number of hydrogen-bond donors (Lipinski definition) is 1. The first-order valence-electron chi connectivity index (χ1n) is 5.81. The molecule has 0 saturated carbocycles. The molecule has 0 aliphatic heterocycles. The predicted molar refractivity (Wildman–Crippen MR) is 63.7 cm³/mol. The van der Waals surface area contributed by atoms with Crippen molar-refractivity contribution in [3.05, 3.63) is 34.4 Å². The van der Waals surface area contributed by atoms with Gasteiger partial charge >= 0.3 is 0 Å². The lowest BCUT2D eigenvalue weighted by molar-refractivity contribution is -0.572. The van der Waals surface area contributed by atoms with Crippen molar-refractivity contribution in [2.45, 2.75) is 32.6 Å². The van der Waals surface area contributed by atoms with Crippen LogP contribution in [0.15, 0.2) is 24.3 Å². The second kappa shape index (κ2) is 6.95. The highest BCUT2D eigenvalue weighted by Gasteiger charge is 2.04. The fourth-order valence-corrected chi connectivity index (χ4v) is 1.57. The number of nitrogens with zero attached hydrogens (tertiary/aromatic N) is 1. The fraction of sp³-hybridized carbons (Fsp3) is 0.500. The summed E-state index contributed by atoms with van der Waals surface area (Å²) >= 11 is 0. The molecule has 0 aromatic heterocycles. The monoisotopic (exact) mass is 223 g/mol. The van der Waals surface area contributed by atoms with Gasteiger partial charge < -0.3 is 5.32 Å². The van der Waals surface area contributed by atoms with Crippen molar-refractivity contribution in [2.75, 3.05) is 6.54 Å². The lowest BCUT2D eigenvalue weighted by Gasteiger charge is -2.00. The van der Waals surface area contributed by atoms with Gasteiger partial charge in [-0.15, -0.1) is 0 Å². The number of non-ortho nitro benzene ring substituents is 1. The molecule has 0 radical (unpaired) electrons. The van der Waals surface area contributed by atoms with Crippen molar-refractivity contribution in [3.63, 3.8) is 0 Å². The molecular weight excluding hydrogens is 204 g/mol. The van der Waals surface area contributed by atoms with Gasteiger partial charge in [0.2, 0.25) is 0 Å². The van der Waals surface area contributed by atoms with Gasteiger partial charge in [-0.05, 0) is 12.8 Å². The van der Waals surface area contributed by atoms with Crippen LogP contribution in [0.4, 0.5) is 11.4 Å². The van der Waals surface area contributed by atoms with E-state index in [1.54, 1.807) is 24.3 Å². The molecule has 88 valence electrons. The zero-order valence-electron chi connectivity index (χ0n) is 9.69. The highest BCUT2D eigenvalue weighted by Crippen LogP contribution is 2.11. The van der Waals surface area contributed by atoms with Gasteiger partial charge in [-0.1, -0.05) is 19.8 Å². The minimum atomic E-state index is -0.370. The van der Waals surface area contributed by atoms with E-state index in [0.29, 0.717) is 0 Å². The molecule has 16 heavy (non-hydrogen) atoms. The van der Waals surface area contributed by atoms with E-state index >= 15 is 0 Å². The van der Waals surface area contributed by atoms with Crippen molar-refractivity contribution in [1.82, 2.24) is 0 Å². The zero-order chi connectivity index (χ0) is 11.8. The van der Waals surface area contributed by atoms with E-state index in [-0.39, 0.29) is 10.6 Å². The van der Waals surface area contributed by atoms with Crippen molar-refractivity contribution in [2.24, 2.45) is 0 Å². The molecule has 0 atom stereocenters. The SMILES string of the molecule is CCCCCC[NH2+]c1ccc([N+](=O)[O-])cc1. The number of nitro groups is 1. The smallest absolute Gasteiger partial charge is 0.269 e. The minimum Gasteiger partial charge on any atom is -0.314 e. The standard InChI is InChI=1S/C12H18N2O2/c1-2-3-4-5-10-13-11-6-8-12(9-7-11)14(15)16/h6-9,13H,2-5,10H2,1H3/p+1. The Hall–Kier alpha value is -1.42. The van der Waals surface area contributed by atoms with Crippen LogP contribution >= 0.6 is 0 Å². The number of quaternary nitrogens is 1. The topological polar surface area (TPSA) is 59.8 Å². The average Bonchev–Trinajstić information content (AvgIpc) is 2.29. The summed E-state index contributed by atoms with van der Waals surface area (Å²) in [7, 11) is 0. The van der Waals surface area contributed by atoms with Crippen LogP contribution in [0.2, 0.25) is 0 Å². The van der Waals surface area contributed by atoms with Gasteiger partial charge in [0.15, 0.2) is 0 Å². The summed E-state index contributed by atoms with van der Waals surface area (Å²) in [5.74, 6) is 0. The lowest BCUT2D eigenvalue weighted by Crippen LogP contribution is -2.77. The van der Waals surface area contributed by atoms with Gasteiger partial charge in [0.1, 0.15) is 5.69 Å². The Balaban J connectivity index is 2.29. The molecule has 0 bridgehead atoms. The van der Waals surface area contributed by atoms with Crippen LogP contribution in [0.1, 0.15) is 32.6 Å². The molecular formula is C12H19N2O2+. The van der Waals surface area contributed by atoms with Crippen molar-refractivity contribution in [1.29, 1.82) is 0 Å². The van der Waals surface area contributed by atoms with Crippen LogP contribution in [-0.4, -0.2) is 11.5 Å². The third-order valence-electron chi connectivity index (χ3n) is 2.54. The van der Waals surface area contributed by atoms with E-state index in [0.717, 1.165) is 12.2 Å². The first-order chi connectivity index (χ1) is 7.74. The molecule has 1 aromatic rings. The highest BCUT2D eigenvalue weighted by molar-refractivity contribution is 5.39. The molecule has 0 heterocycles. The van der Waals surface area contributed by atoms with Gasteiger partial charge in [0.25, 0.3) is 5.69 Å². The molecule has 0 aliphatic carbocycles. The van der Waals surface area contributed by atoms with Crippen LogP contribution < -0.4 is 5.32 Å². The summed E-state index contributed by atoms with van der Waals surface area (Å²) in [4.78, 5) is 10.1. The van der Waals surface area contributed by atoms with Crippen LogP contribution in [0.5, 0.6) is 0 Å². The third kappa shape index (κ3) is 4.40. The van der Waals surface area contributed by atoms with Gasteiger partial charge in [-0.25, -0.2) is 0 Å².